The van der Waals surface area contributed by atoms with Gasteiger partial charge in [-0.25, -0.2) is 0 Å². The third kappa shape index (κ3) is 16.5. The maximum atomic E-state index is 2.30. The topological polar surface area (TPSA) is 0 Å². The molecule has 0 fully saturated rings. The molecule has 0 atom stereocenters. The second kappa shape index (κ2) is 27.0. The summed E-state index contributed by atoms with van der Waals surface area (Å²) in [4.78, 5) is 0. The van der Waals surface area contributed by atoms with Gasteiger partial charge in [0.05, 0.1) is 0 Å². The minimum absolute atomic E-state index is 0.416. The maximum Gasteiger partial charge on any atom is 0.0349 e. The lowest BCUT2D eigenvalue weighted by Crippen LogP contribution is -2.04. The first kappa shape index (κ1) is 42.1. The van der Waals surface area contributed by atoms with Crippen LogP contribution in [0, 0.1) is 0 Å². The number of hydrogen-bond acceptors (Lipinski definition) is 1. The molecule has 0 aliphatic heterocycles. The molecule has 0 unspecified atom stereocenters. The summed E-state index contributed by atoms with van der Waals surface area (Å²) in [6.07, 6.45) is 27.4. The Hall–Kier alpha value is -3.68. The zero-order chi connectivity index (χ0) is 37.0. The third-order valence-electron chi connectivity index (χ3n) is 10.5. The van der Waals surface area contributed by atoms with Crippen LogP contribution in [0.25, 0.3) is 20.9 Å². The van der Waals surface area contributed by atoms with Crippen LogP contribution < -0.4 is 0 Å². The van der Waals surface area contributed by atoms with E-state index in [1.54, 1.807) is 11.3 Å². The summed E-state index contributed by atoms with van der Waals surface area (Å²) in [5.41, 5.74) is 4.13. The molecule has 5 aromatic carbocycles. The lowest BCUT2D eigenvalue weighted by Gasteiger charge is -2.18. The van der Waals surface area contributed by atoms with E-state index in [0.717, 1.165) is 6.42 Å². The zero-order valence-corrected chi connectivity index (χ0v) is 34.0. The predicted octanol–water partition coefficient (Wildman–Crippen LogP) is 17.2. The van der Waals surface area contributed by atoms with Gasteiger partial charge in [0.1, 0.15) is 0 Å². The van der Waals surface area contributed by atoms with E-state index in [-0.39, 0.29) is 0 Å². The van der Waals surface area contributed by atoms with Crippen molar-refractivity contribution in [1.82, 2.24) is 0 Å². The van der Waals surface area contributed by atoms with E-state index in [4.69, 9.17) is 0 Å². The molecule has 6 rings (SSSR count). The van der Waals surface area contributed by atoms with Gasteiger partial charge < -0.3 is 0 Å². The molecule has 0 aliphatic carbocycles. The summed E-state index contributed by atoms with van der Waals surface area (Å²) in [5, 5.41) is 6.22. The average molecular weight is 725 g/mol. The van der Waals surface area contributed by atoms with E-state index in [1.165, 1.54) is 153 Å². The first-order valence-corrected chi connectivity index (χ1v) is 22.2. The number of unbranched alkanes of at least 4 members (excludes halogenated alkanes) is 17. The normalized spacial score (nSPS) is 10.9. The lowest BCUT2D eigenvalue weighted by atomic mass is 9.86. The van der Waals surface area contributed by atoms with Crippen molar-refractivity contribution in [2.45, 2.75) is 142 Å². The van der Waals surface area contributed by atoms with E-state index >= 15 is 0 Å². The Bertz CT molecular complexity index is 1660. The highest BCUT2D eigenvalue weighted by atomic mass is 32.1. The molecule has 0 radical (unpaired) electrons. The van der Waals surface area contributed by atoms with Gasteiger partial charge in [-0.2, -0.15) is 0 Å². The molecule has 0 aliphatic rings. The van der Waals surface area contributed by atoms with Crippen molar-refractivity contribution >= 4 is 32.2 Å². The monoisotopic (exact) mass is 725 g/mol. The fourth-order valence-electron chi connectivity index (χ4n) is 7.35. The standard InChI is InChI=1S/C20H18.C20H42.C12H8S/c1-4-10-17(11-5-1)16-20(18-12-6-2-7-13-18)19-14-8-3-9-15-19;1-3-5-7-9-11-13-15-17-19-20-18-16-14-12-10-8-6-4-2;1-2-4-10-9(3-1)5-6-12-11(10)7-8-13-12/h1-15,20H,16H2;3-20H2,1-2H3;1-8H. The minimum atomic E-state index is 0.416. The van der Waals surface area contributed by atoms with Gasteiger partial charge in [-0.05, 0) is 51.4 Å². The Kier molecular flexibility index (Phi) is 21.4. The fourth-order valence-corrected chi connectivity index (χ4v) is 8.15. The average Bonchev–Trinajstić information content (AvgIpc) is 3.71. The van der Waals surface area contributed by atoms with E-state index in [9.17, 15) is 0 Å². The molecule has 0 saturated carbocycles. The van der Waals surface area contributed by atoms with Crippen LogP contribution in [-0.2, 0) is 6.42 Å². The predicted molar refractivity (Wildman–Crippen MR) is 239 cm³/mol. The van der Waals surface area contributed by atoms with Gasteiger partial charge in [0.15, 0.2) is 0 Å². The van der Waals surface area contributed by atoms with Crippen molar-refractivity contribution in [3.8, 4) is 0 Å². The van der Waals surface area contributed by atoms with Gasteiger partial charge in [-0.3, -0.25) is 0 Å². The van der Waals surface area contributed by atoms with Crippen LogP contribution in [0.4, 0.5) is 0 Å². The fraction of sp³-hybridized carbons (Fsp3) is 0.423. The van der Waals surface area contributed by atoms with Crippen LogP contribution in [0.3, 0.4) is 0 Å². The van der Waals surface area contributed by atoms with Crippen LogP contribution in [-0.4, -0.2) is 0 Å². The van der Waals surface area contributed by atoms with Gasteiger partial charge in [0, 0.05) is 16.0 Å². The number of thiophene rings is 1. The SMILES string of the molecule is CCCCCCCCCCCCCCCCCCCC.c1ccc(CC(c2ccccc2)c2ccccc2)cc1.c1ccc2c(c1)ccc1sccc12. The van der Waals surface area contributed by atoms with E-state index in [1.807, 2.05) is 0 Å². The van der Waals surface area contributed by atoms with Crippen LogP contribution >= 0.6 is 11.3 Å². The van der Waals surface area contributed by atoms with Crippen LogP contribution in [0.5, 0.6) is 0 Å². The summed E-state index contributed by atoms with van der Waals surface area (Å²) in [7, 11) is 0. The van der Waals surface area contributed by atoms with Crippen LogP contribution in [0.2, 0.25) is 0 Å². The summed E-state index contributed by atoms with van der Waals surface area (Å²) in [5.74, 6) is 0.416. The Morgan fingerprint density at radius 3 is 1.26 bits per heavy atom. The smallest absolute Gasteiger partial charge is 0.0349 e. The molecule has 0 amide bonds. The summed E-state index contributed by atoms with van der Waals surface area (Å²) in [6.45, 7) is 4.59. The van der Waals surface area contributed by atoms with E-state index in [0.29, 0.717) is 5.92 Å². The molecule has 53 heavy (non-hydrogen) atoms. The minimum Gasteiger partial charge on any atom is -0.144 e. The van der Waals surface area contributed by atoms with Crippen molar-refractivity contribution in [1.29, 1.82) is 0 Å². The highest BCUT2D eigenvalue weighted by Gasteiger charge is 2.14. The van der Waals surface area contributed by atoms with E-state index < -0.39 is 0 Å². The largest absolute Gasteiger partial charge is 0.144 e. The molecule has 0 bridgehead atoms. The van der Waals surface area contributed by atoms with Crippen molar-refractivity contribution in [2.75, 3.05) is 0 Å². The van der Waals surface area contributed by atoms with Crippen molar-refractivity contribution in [3.05, 3.63) is 156 Å². The number of hydrogen-bond donors (Lipinski definition) is 0. The first-order chi connectivity index (χ1) is 26.3. The molecule has 0 spiro atoms. The van der Waals surface area contributed by atoms with E-state index in [2.05, 4.69) is 153 Å². The molecule has 1 aromatic heterocycles. The summed E-state index contributed by atoms with van der Waals surface area (Å²) >= 11 is 1.80. The molecule has 0 nitrogen and oxygen atoms in total. The van der Waals surface area contributed by atoms with Gasteiger partial charge in [-0.1, -0.05) is 251 Å². The van der Waals surface area contributed by atoms with Crippen molar-refractivity contribution in [2.24, 2.45) is 0 Å². The summed E-state index contributed by atoms with van der Waals surface area (Å²) < 4.78 is 1.37. The van der Waals surface area contributed by atoms with Gasteiger partial charge in [0.25, 0.3) is 0 Å². The first-order valence-electron chi connectivity index (χ1n) is 21.3. The van der Waals surface area contributed by atoms with Gasteiger partial charge >= 0.3 is 0 Å². The highest BCUT2D eigenvalue weighted by Crippen LogP contribution is 2.29. The zero-order valence-electron chi connectivity index (χ0n) is 33.2. The van der Waals surface area contributed by atoms with Gasteiger partial charge in [-0.15, -0.1) is 11.3 Å². The molecule has 0 N–H and O–H groups in total. The molecule has 6 aromatic rings. The number of benzene rings is 5. The molecular formula is C52H68S. The third-order valence-corrected chi connectivity index (χ3v) is 11.4. The Morgan fingerprint density at radius 2 is 0.792 bits per heavy atom. The van der Waals surface area contributed by atoms with Crippen LogP contribution in [0.1, 0.15) is 152 Å². The Morgan fingerprint density at radius 1 is 0.377 bits per heavy atom. The molecule has 282 valence electrons. The van der Waals surface area contributed by atoms with Gasteiger partial charge in [0.2, 0.25) is 0 Å². The molecular weight excluding hydrogens is 657 g/mol. The Labute approximate surface area is 328 Å². The maximum absolute atomic E-state index is 2.30. The second-order valence-electron chi connectivity index (χ2n) is 14.8. The number of fused-ring (bicyclic) bond motifs is 3. The molecule has 0 saturated heterocycles. The van der Waals surface area contributed by atoms with Crippen LogP contribution in [0.15, 0.2) is 139 Å². The lowest BCUT2D eigenvalue weighted by molar-refractivity contribution is 0.526. The molecule has 1 heteroatoms. The Balaban J connectivity index is 0.000000181. The van der Waals surface area contributed by atoms with Crippen molar-refractivity contribution in [3.63, 3.8) is 0 Å². The highest BCUT2D eigenvalue weighted by molar-refractivity contribution is 7.17. The number of rotatable bonds is 21. The quantitative estimate of drug-likeness (QED) is 0.0648. The summed E-state index contributed by atoms with van der Waals surface area (Å²) in [6, 6.07) is 47.4. The van der Waals surface area contributed by atoms with Crippen molar-refractivity contribution < 1.29 is 0 Å². The molecule has 1 heterocycles. The second-order valence-corrected chi connectivity index (χ2v) is 15.8.